The Morgan fingerprint density at radius 2 is 1.87 bits per heavy atom. The third-order valence-electron chi connectivity index (χ3n) is 5.25. The number of pyridine rings is 2. The summed E-state index contributed by atoms with van der Waals surface area (Å²) in [6, 6.07) is 16.4. The standard InChI is InChI=1S/C25H25N3O2/c1-5-30-25(29)20-14-26-23-19-13-16(2)11-12-21(19)27-17(3)22(23)24(20)28(4)15-18-9-7-6-8-10-18/h6-14H,5,15H2,1-4H3. The number of ether oxygens (including phenoxy) is 1. The van der Waals surface area contributed by atoms with Crippen LogP contribution in [0.3, 0.4) is 0 Å². The van der Waals surface area contributed by atoms with E-state index < -0.39 is 0 Å². The van der Waals surface area contributed by atoms with Crippen LogP contribution >= 0.6 is 0 Å². The Kier molecular flexibility index (Phi) is 5.36. The number of esters is 1. The lowest BCUT2D eigenvalue weighted by atomic mass is 10.0. The van der Waals surface area contributed by atoms with Gasteiger partial charge in [0.1, 0.15) is 5.56 Å². The fourth-order valence-corrected chi connectivity index (χ4v) is 3.91. The molecule has 0 bridgehead atoms. The highest BCUT2D eigenvalue weighted by molar-refractivity contribution is 6.13. The van der Waals surface area contributed by atoms with Crippen molar-refractivity contribution in [3.8, 4) is 0 Å². The second-order valence-corrected chi connectivity index (χ2v) is 7.52. The van der Waals surface area contributed by atoms with Gasteiger partial charge in [-0.25, -0.2) is 4.79 Å². The van der Waals surface area contributed by atoms with Gasteiger partial charge in [0.25, 0.3) is 0 Å². The van der Waals surface area contributed by atoms with Crippen LogP contribution in [0.25, 0.3) is 21.8 Å². The van der Waals surface area contributed by atoms with E-state index in [1.807, 2.05) is 45.2 Å². The van der Waals surface area contributed by atoms with E-state index >= 15 is 0 Å². The summed E-state index contributed by atoms with van der Waals surface area (Å²) in [6.45, 7) is 6.80. The van der Waals surface area contributed by atoms with E-state index in [4.69, 9.17) is 14.7 Å². The number of hydrogen-bond donors (Lipinski definition) is 0. The third-order valence-corrected chi connectivity index (χ3v) is 5.25. The lowest BCUT2D eigenvalue weighted by Gasteiger charge is -2.24. The van der Waals surface area contributed by atoms with Crippen LogP contribution in [0.4, 0.5) is 5.69 Å². The number of aryl methyl sites for hydroxylation is 2. The molecule has 2 aromatic carbocycles. The maximum absolute atomic E-state index is 12.8. The Morgan fingerprint density at radius 3 is 2.60 bits per heavy atom. The van der Waals surface area contributed by atoms with Gasteiger partial charge in [0.15, 0.2) is 0 Å². The zero-order valence-electron chi connectivity index (χ0n) is 17.8. The SMILES string of the molecule is CCOC(=O)c1cnc2c(c(C)nc3ccc(C)cc32)c1N(C)Cc1ccccc1. The molecule has 0 aliphatic heterocycles. The molecule has 5 nitrogen and oxygen atoms in total. The van der Waals surface area contributed by atoms with Gasteiger partial charge in [0.2, 0.25) is 0 Å². The molecule has 0 amide bonds. The van der Waals surface area contributed by atoms with E-state index in [-0.39, 0.29) is 5.97 Å². The lowest BCUT2D eigenvalue weighted by molar-refractivity contribution is 0.0527. The molecular weight excluding hydrogens is 374 g/mol. The number of aromatic nitrogens is 2. The average Bonchev–Trinajstić information content (AvgIpc) is 2.74. The van der Waals surface area contributed by atoms with Crippen molar-refractivity contribution < 1.29 is 9.53 Å². The van der Waals surface area contributed by atoms with Crippen molar-refractivity contribution in [1.82, 2.24) is 9.97 Å². The van der Waals surface area contributed by atoms with E-state index in [2.05, 4.69) is 36.1 Å². The van der Waals surface area contributed by atoms with Crippen molar-refractivity contribution in [1.29, 1.82) is 0 Å². The highest BCUT2D eigenvalue weighted by atomic mass is 16.5. The second-order valence-electron chi connectivity index (χ2n) is 7.52. The summed E-state index contributed by atoms with van der Waals surface area (Å²) in [6.07, 6.45) is 1.64. The van der Waals surface area contributed by atoms with E-state index in [1.165, 1.54) is 0 Å². The molecule has 0 saturated heterocycles. The van der Waals surface area contributed by atoms with Crippen LogP contribution in [0.15, 0.2) is 54.7 Å². The molecule has 0 atom stereocenters. The molecule has 0 N–H and O–H groups in total. The first-order valence-corrected chi connectivity index (χ1v) is 10.1. The highest BCUT2D eigenvalue weighted by Gasteiger charge is 2.23. The van der Waals surface area contributed by atoms with Crippen LogP contribution < -0.4 is 4.90 Å². The molecule has 0 unspecified atom stereocenters. The van der Waals surface area contributed by atoms with E-state index in [9.17, 15) is 4.79 Å². The Balaban J connectivity index is 1.99. The molecule has 0 aliphatic rings. The topological polar surface area (TPSA) is 55.3 Å². The molecular formula is C25H25N3O2. The number of hydrogen-bond acceptors (Lipinski definition) is 5. The van der Waals surface area contributed by atoms with Gasteiger partial charge in [-0.05, 0) is 38.5 Å². The van der Waals surface area contributed by atoms with Gasteiger partial charge in [-0.15, -0.1) is 0 Å². The molecule has 0 aliphatic carbocycles. The number of nitrogens with zero attached hydrogens (tertiary/aromatic N) is 3. The van der Waals surface area contributed by atoms with Crippen molar-refractivity contribution in [2.24, 2.45) is 0 Å². The van der Waals surface area contributed by atoms with Crippen molar-refractivity contribution in [3.63, 3.8) is 0 Å². The Labute approximate surface area is 176 Å². The van der Waals surface area contributed by atoms with E-state index in [0.29, 0.717) is 18.7 Å². The number of carbonyl (C=O) groups excluding carboxylic acids is 1. The maximum Gasteiger partial charge on any atom is 0.341 e. The van der Waals surface area contributed by atoms with Crippen molar-refractivity contribution >= 4 is 33.5 Å². The van der Waals surface area contributed by atoms with Crippen LogP contribution in [0, 0.1) is 13.8 Å². The summed E-state index contributed by atoms with van der Waals surface area (Å²) >= 11 is 0. The third kappa shape index (κ3) is 3.59. The molecule has 0 spiro atoms. The molecule has 0 radical (unpaired) electrons. The fraction of sp³-hybridized carbons (Fsp3) is 0.240. The van der Waals surface area contributed by atoms with Crippen LogP contribution in [0.5, 0.6) is 0 Å². The van der Waals surface area contributed by atoms with Gasteiger partial charge in [-0.3, -0.25) is 9.97 Å². The number of benzene rings is 2. The van der Waals surface area contributed by atoms with Crippen LogP contribution in [0.1, 0.15) is 34.1 Å². The zero-order chi connectivity index (χ0) is 21.3. The Bertz CT molecular complexity index is 1240. The summed E-state index contributed by atoms with van der Waals surface area (Å²) in [4.78, 5) is 24.4. The number of anilines is 1. The average molecular weight is 399 g/mol. The van der Waals surface area contributed by atoms with Crippen LogP contribution in [0.2, 0.25) is 0 Å². The minimum Gasteiger partial charge on any atom is -0.462 e. The molecule has 4 rings (SSSR count). The normalized spacial score (nSPS) is 11.1. The Hall–Kier alpha value is -3.47. The minimum absolute atomic E-state index is 0.312. The number of carbonyl (C=O) groups is 1. The number of fused-ring (bicyclic) bond motifs is 3. The summed E-state index contributed by atoms with van der Waals surface area (Å²) < 4.78 is 5.34. The van der Waals surface area contributed by atoms with Gasteiger partial charge < -0.3 is 9.64 Å². The smallest absolute Gasteiger partial charge is 0.341 e. The molecule has 152 valence electrons. The molecule has 0 fully saturated rings. The van der Waals surface area contributed by atoms with Gasteiger partial charge in [-0.2, -0.15) is 0 Å². The summed E-state index contributed by atoms with van der Waals surface area (Å²) in [7, 11) is 1.99. The summed E-state index contributed by atoms with van der Waals surface area (Å²) in [5.41, 5.74) is 6.15. The zero-order valence-corrected chi connectivity index (χ0v) is 17.8. The largest absolute Gasteiger partial charge is 0.462 e. The molecule has 5 heteroatoms. The predicted molar refractivity (Wildman–Crippen MR) is 121 cm³/mol. The predicted octanol–water partition coefficient (Wildman–Crippen LogP) is 5.21. The highest BCUT2D eigenvalue weighted by Crippen LogP contribution is 2.35. The van der Waals surface area contributed by atoms with Gasteiger partial charge >= 0.3 is 5.97 Å². The van der Waals surface area contributed by atoms with Crippen molar-refractivity contribution in [3.05, 3.63) is 77.1 Å². The molecule has 2 heterocycles. The van der Waals surface area contributed by atoms with Crippen molar-refractivity contribution in [2.75, 3.05) is 18.6 Å². The Morgan fingerprint density at radius 1 is 1.10 bits per heavy atom. The van der Waals surface area contributed by atoms with Crippen molar-refractivity contribution in [2.45, 2.75) is 27.3 Å². The fourth-order valence-electron chi connectivity index (χ4n) is 3.91. The summed E-state index contributed by atoms with van der Waals surface area (Å²) in [5.74, 6) is -0.370. The first kappa shape index (κ1) is 19.8. The maximum atomic E-state index is 12.8. The monoisotopic (exact) mass is 399 g/mol. The summed E-state index contributed by atoms with van der Waals surface area (Å²) in [5, 5.41) is 1.87. The van der Waals surface area contributed by atoms with Gasteiger partial charge in [0, 0.05) is 36.3 Å². The first-order chi connectivity index (χ1) is 14.5. The lowest BCUT2D eigenvalue weighted by Crippen LogP contribution is -2.21. The van der Waals surface area contributed by atoms with E-state index in [0.717, 1.165) is 44.3 Å². The van der Waals surface area contributed by atoms with E-state index in [1.54, 1.807) is 6.20 Å². The second kappa shape index (κ2) is 8.11. The van der Waals surface area contributed by atoms with Crippen LogP contribution in [-0.2, 0) is 11.3 Å². The quantitative estimate of drug-likeness (QED) is 0.340. The molecule has 4 aromatic rings. The molecule has 30 heavy (non-hydrogen) atoms. The molecule has 0 saturated carbocycles. The first-order valence-electron chi connectivity index (χ1n) is 10.1. The van der Waals surface area contributed by atoms with Gasteiger partial charge in [-0.1, -0.05) is 42.0 Å². The molecule has 2 aromatic heterocycles. The number of rotatable bonds is 5. The van der Waals surface area contributed by atoms with Crippen LogP contribution in [-0.4, -0.2) is 29.6 Å². The van der Waals surface area contributed by atoms with Gasteiger partial charge in [0.05, 0.1) is 23.3 Å². The minimum atomic E-state index is -0.370.